The first kappa shape index (κ1) is 53.0. The van der Waals surface area contributed by atoms with Crippen LogP contribution in [0.2, 0.25) is 0 Å². The number of carbonyl (C=O) groups is 3. The molecular formula is C34H69N5O13S. The topological polar surface area (TPSA) is 234 Å². The number of amides is 2. The fraction of sp³-hybridized carbons (Fsp3) is 0.853. The van der Waals surface area contributed by atoms with Crippen molar-refractivity contribution in [3.63, 3.8) is 0 Å². The summed E-state index contributed by atoms with van der Waals surface area (Å²) in [5.41, 5.74) is 6.27. The average Bonchev–Trinajstić information content (AvgIpc) is 3.17. The first-order valence-electron chi connectivity index (χ1n) is 18.2. The maximum absolute atomic E-state index is 12.1. The molecule has 0 spiro atoms. The first-order chi connectivity index (χ1) is 26.0. The van der Waals surface area contributed by atoms with Gasteiger partial charge in [-0.15, -0.1) is 11.8 Å². The number of nitrogens with one attached hydrogen (secondary N) is 2. The molecular weight excluding hydrogens is 718 g/mol. The van der Waals surface area contributed by atoms with Crippen molar-refractivity contribution in [3.8, 4) is 0 Å². The number of hydrogen-bond donors (Lipinski definition) is 5. The molecule has 0 bridgehead atoms. The summed E-state index contributed by atoms with van der Waals surface area (Å²) in [6, 6.07) is -0.509. The lowest BCUT2D eigenvalue weighted by atomic mass is 10.2. The number of aldehydes is 1. The van der Waals surface area contributed by atoms with Gasteiger partial charge < -0.3 is 73.9 Å². The van der Waals surface area contributed by atoms with Crippen LogP contribution in [-0.2, 0) is 57.0 Å². The molecule has 0 aliphatic carbocycles. The van der Waals surface area contributed by atoms with Crippen molar-refractivity contribution in [2.24, 2.45) is 11.6 Å². The van der Waals surface area contributed by atoms with E-state index in [1.165, 1.54) is 23.0 Å². The molecule has 19 heteroatoms. The van der Waals surface area contributed by atoms with E-state index < -0.39 is 11.3 Å². The van der Waals surface area contributed by atoms with Crippen LogP contribution in [0.1, 0.15) is 33.6 Å². The Bertz CT molecular complexity index is 868. The third-order valence-electron chi connectivity index (χ3n) is 6.27. The molecule has 1 saturated heterocycles. The van der Waals surface area contributed by atoms with Crippen molar-refractivity contribution < 1.29 is 62.1 Å². The zero-order valence-corrected chi connectivity index (χ0v) is 33.2. The number of aliphatic hydroxyl groups is 1. The Kier molecular flexibility index (Phi) is 42.6. The molecule has 53 heavy (non-hydrogen) atoms. The van der Waals surface area contributed by atoms with Crippen LogP contribution in [-0.4, -0.2) is 184 Å². The fourth-order valence-corrected chi connectivity index (χ4v) is 4.87. The minimum atomic E-state index is -0.537. The van der Waals surface area contributed by atoms with Crippen molar-refractivity contribution in [3.05, 3.63) is 11.9 Å². The highest BCUT2D eigenvalue weighted by atomic mass is 32.2. The van der Waals surface area contributed by atoms with E-state index in [2.05, 4.69) is 17.6 Å². The summed E-state index contributed by atoms with van der Waals surface area (Å²) in [6.07, 6.45) is 3.20. The average molecular weight is 788 g/mol. The Morgan fingerprint density at radius 2 is 1.15 bits per heavy atom. The highest BCUT2D eigenvalue weighted by molar-refractivity contribution is 8.00. The quantitative estimate of drug-likeness (QED) is 0.0235. The van der Waals surface area contributed by atoms with Crippen LogP contribution in [0.15, 0.2) is 11.9 Å². The Morgan fingerprint density at radius 1 is 0.774 bits per heavy atom. The molecule has 0 saturated carbocycles. The van der Waals surface area contributed by atoms with Gasteiger partial charge in [-0.05, 0) is 6.42 Å². The molecule has 1 aliphatic rings. The lowest BCUT2D eigenvalue weighted by Gasteiger charge is -2.25. The zero-order chi connectivity index (χ0) is 39.6. The maximum atomic E-state index is 12.1. The Morgan fingerprint density at radius 3 is 1.51 bits per heavy atom. The van der Waals surface area contributed by atoms with Gasteiger partial charge >= 0.3 is 0 Å². The number of nitrogens with zero attached hydrogens (tertiary/aromatic N) is 1. The number of aliphatic hydroxyl groups excluding tert-OH is 1. The van der Waals surface area contributed by atoms with Crippen LogP contribution in [0.25, 0.3) is 0 Å². The molecule has 7 N–H and O–H groups in total. The summed E-state index contributed by atoms with van der Waals surface area (Å²) in [5, 5.41) is 13.1. The highest BCUT2D eigenvalue weighted by Gasteiger charge is 2.29. The van der Waals surface area contributed by atoms with Crippen molar-refractivity contribution in [2.75, 3.05) is 145 Å². The van der Waals surface area contributed by atoms with Crippen LogP contribution in [0.4, 0.5) is 0 Å². The van der Waals surface area contributed by atoms with Crippen LogP contribution in [0.3, 0.4) is 0 Å². The molecule has 1 heterocycles. The maximum Gasteiger partial charge on any atom is 0.234 e. The minimum Gasteiger partial charge on any atom is -0.400 e. The van der Waals surface area contributed by atoms with Gasteiger partial charge in [0, 0.05) is 37.8 Å². The van der Waals surface area contributed by atoms with Crippen molar-refractivity contribution in [1.29, 1.82) is 0 Å². The number of carbonyl (C=O) groups excluding carboxylic acids is 3. The van der Waals surface area contributed by atoms with Crippen LogP contribution < -0.4 is 22.2 Å². The third-order valence-corrected chi connectivity index (χ3v) is 7.61. The molecule has 18 nitrogen and oxygen atoms in total. The lowest BCUT2D eigenvalue weighted by Crippen LogP contribution is -2.48. The van der Waals surface area contributed by atoms with E-state index in [4.69, 9.17) is 59.3 Å². The van der Waals surface area contributed by atoms with E-state index in [0.29, 0.717) is 137 Å². The van der Waals surface area contributed by atoms with E-state index >= 15 is 0 Å². The standard InChI is InChI=1S/C31H59N5O12S.C2H6.CH4O/c1-2-4-40-6-8-42-10-12-44-14-16-46-18-20-48-21-19-47-17-15-45-13-11-43-9-7-41-5-3-36(33)24-27(32)23-34-30(38)22-29-31(39)35-28(25-37)26-49-29;2*1-2/h24-25,28-29H,2-23,26,32-33H2,1H3,(H,34,38)(H,35,39);1-2H3;2H,1H3/b27-24-;;. The molecule has 2 unspecified atom stereocenters. The zero-order valence-electron chi connectivity index (χ0n) is 32.4. The monoisotopic (exact) mass is 787 g/mol. The Balaban J connectivity index is 0. The second kappa shape index (κ2) is 42.6. The van der Waals surface area contributed by atoms with E-state index in [1.807, 2.05) is 13.8 Å². The number of hydrogen-bond acceptors (Lipinski definition) is 17. The molecule has 2 amide bonds. The molecule has 1 aliphatic heterocycles. The highest BCUT2D eigenvalue weighted by Crippen LogP contribution is 2.20. The summed E-state index contributed by atoms with van der Waals surface area (Å²) in [4.78, 5) is 34.9. The number of ether oxygens (including phenoxy) is 9. The number of thioether (sulfide) groups is 1. The van der Waals surface area contributed by atoms with E-state index in [0.717, 1.165) is 20.1 Å². The predicted molar refractivity (Wildman–Crippen MR) is 202 cm³/mol. The van der Waals surface area contributed by atoms with Gasteiger partial charge in [0.15, 0.2) is 0 Å². The molecule has 1 rings (SSSR count). The second-order valence-corrected chi connectivity index (χ2v) is 11.7. The molecule has 1 fully saturated rings. The van der Waals surface area contributed by atoms with E-state index in [-0.39, 0.29) is 24.8 Å². The van der Waals surface area contributed by atoms with Gasteiger partial charge in [-0.25, -0.2) is 5.84 Å². The number of hydrazine groups is 1. The van der Waals surface area contributed by atoms with Crippen molar-refractivity contribution >= 4 is 29.9 Å². The first-order valence-corrected chi connectivity index (χ1v) is 19.3. The van der Waals surface area contributed by atoms with Crippen LogP contribution >= 0.6 is 11.8 Å². The third kappa shape index (κ3) is 36.6. The fourth-order valence-electron chi connectivity index (χ4n) is 3.78. The predicted octanol–water partition coefficient (Wildman–Crippen LogP) is -0.538. The van der Waals surface area contributed by atoms with Gasteiger partial charge in [0.1, 0.15) is 6.29 Å². The Labute approximate surface area is 320 Å². The summed E-state index contributed by atoms with van der Waals surface area (Å²) in [7, 11) is 1.00. The molecule has 0 aromatic carbocycles. The second-order valence-electron chi connectivity index (χ2n) is 10.5. The van der Waals surface area contributed by atoms with Gasteiger partial charge in [0.05, 0.1) is 137 Å². The van der Waals surface area contributed by atoms with Crippen LogP contribution in [0, 0.1) is 0 Å². The number of rotatable bonds is 35. The van der Waals surface area contributed by atoms with E-state index in [9.17, 15) is 14.4 Å². The SMILES string of the molecule is CC.CCCOCCOCCOCCOCCOCCOCCOCCOCCOCCN(N)/C=C(\N)CNC(=O)CC1SCC(C=O)NC1=O.CO. The van der Waals surface area contributed by atoms with Crippen LogP contribution in [0.5, 0.6) is 0 Å². The number of nitrogens with two attached hydrogens (primary N) is 2. The van der Waals surface area contributed by atoms with Crippen molar-refractivity contribution in [2.45, 2.75) is 44.9 Å². The molecule has 0 radical (unpaired) electrons. The largest absolute Gasteiger partial charge is 0.400 e. The molecule has 2 atom stereocenters. The summed E-state index contributed by atoms with van der Waals surface area (Å²) >= 11 is 1.28. The van der Waals surface area contributed by atoms with E-state index in [1.54, 1.807) is 0 Å². The van der Waals surface area contributed by atoms with Gasteiger partial charge in [0.2, 0.25) is 11.8 Å². The smallest absolute Gasteiger partial charge is 0.234 e. The minimum absolute atomic E-state index is 0.00201. The summed E-state index contributed by atoms with van der Waals surface area (Å²) < 4.78 is 49.0. The van der Waals surface area contributed by atoms with Gasteiger partial charge in [-0.3, -0.25) is 9.59 Å². The lowest BCUT2D eigenvalue weighted by molar-refractivity contribution is -0.127. The molecule has 0 aromatic rings. The molecule has 0 aromatic heterocycles. The normalized spacial score (nSPS) is 15.4. The van der Waals surface area contributed by atoms with Gasteiger partial charge in [-0.1, -0.05) is 20.8 Å². The van der Waals surface area contributed by atoms with Gasteiger partial charge in [-0.2, -0.15) is 0 Å². The summed E-state index contributed by atoms with van der Waals surface area (Å²) in [6.45, 7) is 15.6. The van der Waals surface area contributed by atoms with Crippen molar-refractivity contribution in [1.82, 2.24) is 15.6 Å². The van der Waals surface area contributed by atoms with Gasteiger partial charge in [0.25, 0.3) is 0 Å². The molecule has 314 valence electrons. The Hall–Kier alpha value is -2.14. The summed E-state index contributed by atoms with van der Waals surface area (Å²) in [5.74, 6) is 5.70.